The minimum Gasteiger partial charge on any atom is -0.486 e. The molecule has 2 fully saturated rings. The number of nitrogens with zero attached hydrogens (tertiary/aromatic N) is 4. The second-order valence-corrected chi connectivity index (χ2v) is 14.9. The number of amides is 3. The fourth-order valence-corrected chi connectivity index (χ4v) is 6.43. The highest BCUT2D eigenvalue weighted by molar-refractivity contribution is 7.88. The standard InChI is InChI=1S/C27H38N6O5S.C6H10N2O4S.2C2H6/c1-16(21-15-39-25(31-21)32-26(34)37-27(3,4)5)33-38-17(2)22-8-6-18-12-19(7-9-23(18)36-22)24(28)30-14-20-13-29-10-11-35-20;1-6(2)4(7-3-9)5(10)8(6)12-13-11;2*1-2/h7,9,12,15,17,20,22,29H,6,8,10-11,13-14H2,1-5H3,(H2,28,30)(H,31,32,34);3-4,11H,1-2H3,(H,7,9);2*1-2H3/b33-16+;;;. The number of morpholine rings is 1. The van der Waals surface area contributed by atoms with Crippen LogP contribution < -0.4 is 26.4 Å². The topological polar surface area (TPSA) is 221 Å². The maximum Gasteiger partial charge on any atom is 0.413 e. The van der Waals surface area contributed by atoms with Crippen molar-refractivity contribution in [3.05, 3.63) is 40.4 Å². The van der Waals surface area contributed by atoms with Crippen molar-refractivity contribution < 1.29 is 42.3 Å². The minimum atomic E-state index is -0.631. The number of anilines is 1. The summed E-state index contributed by atoms with van der Waals surface area (Å²) in [6.07, 6.45) is 1.16. The van der Waals surface area contributed by atoms with E-state index in [2.05, 4.69) is 35.4 Å². The third kappa shape index (κ3) is 14.2. The highest BCUT2D eigenvalue weighted by Gasteiger charge is 2.56. The van der Waals surface area contributed by atoms with Gasteiger partial charge in [0.15, 0.2) is 23.6 Å². The molecule has 3 amide bonds. The number of β-lactam (4-membered cyclic amide) rings is 1. The fourth-order valence-electron chi connectivity index (χ4n) is 5.36. The van der Waals surface area contributed by atoms with E-state index in [9.17, 15) is 14.4 Å². The molecular weight excluding hydrogens is 765 g/mol. The third-order valence-corrected chi connectivity index (χ3v) is 9.16. The number of rotatable bonds is 12. The number of nitrogens with two attached hydrogens (primary N) is 1. The van der Waals surface area contributed by atoms with Crippen LogP contribution in [-0.2, 0) is 34.6 Å². The number of benzene rings is 1. The first-order valence-electron chi connectivity index (χ1n) is 18.7. The van der Waals surface area contributed by atoms with E-state index in [1.54, 1.807) is 46.9 Å². The molecule has 0 bridgehead atoms. The van der Waals surface area contributed by atoms with Gasteiger partial charge in [-0.15, -0.1) is 11.3 Å². The van der Waals surface area contributed by atoms with Crippen molar-refractivity contribution in [3.8, 4) is 5.75 Å². The van der Waals surface area contributed by atoms with Gasteiger partial charge in [-0.3, -0.25) is 19.9 Å². The van der Waals surface area contributed by atoms with Crippen LogP contribution in [0.4, 0.5) is 9.93 Å². The molecule has 3 aliphatic rings. The van der Waals surface area contributed by atoms with Gasteiger partial charge in [-0.1, -0.05) is 32.9 Å². The molecule has 1 aromatic heterocycles. The number of hydrogen-bond donors (Lipinski definition) is 5. The molecule has 0 saturated carbocycles. The van der Waals surface area contributed by atoms with E-state index < -0.39 is 23.3 Å². The summed E-state index contributed by atoms with van der Waals surface area (Å²) in [4.78, 5) is 48.0. The zero-order valence-corrected chi connectivity index (χ0v) is 36.0. The third-order valence-electron chi connectivity index (χ3n) is 8.18. The number of nitrogens with one attached hydrogen (secondary N) is 3. The van der Waals surface area contributed by atoms with Crippen molar-refractivity contribution in [1.82, 2.24) is 20.7 Å². The smallest absolute Gasteiger partial charge is 0.413 e. The highest BCUT2D eigenvalue weighted by Crippen LogP contribution is 2.33. The molecule has 4 unspecified atom stereocenters. The first-order chi connectivity index (χ1) is 26.6. The number of ether oxygens (including phenoxy) is 3. The molecule has 19 heteroatoms. The van der Waals surface area contributed by atoms with Crippen molar-refractivity contribution in [2.45, 2.75) is 124 Å². The second kappa shape index (κ2) is 23.3. The lowest BCUT2D eigenvalue weighted by Crippen LogP contribution is -2.75. The van der Waals surface area contributed by atoms with Gasteiger partial charge in [-0.2, -0.15) is 9.35 Å². The normalized spacial score (nSPS) is 20.7. The zero-order chi connectivity index (χ0) is 42.1. The van der Waals surface area contributed by atoms with Gasteiger partial charge < -0.3 is 40.0 Å². The van der Waals surface area contributed by atoms with Crippen LogP contribution in [0.25, 0.3) is 0 Å². The van der Waals surface area contributed by atoms with Gasteiger partial charge in [0.05, 0.1) is 24.8 Å². The summed E-state index contributed by atoms with van der Waals surface area (Å²) in [5, 5.41) is 15.8. The average molecular weight is 825 g/mol. The highest BCUT2D eigenvalue weighted by atomic mass is 32.2. The van der Waals surface area contributed by atoms with Gasteiger partial charge in [0.25, 0.3) is 5.91 Å². The Labute approximate surface area is 338 Å². The molecule has 56 heavy (non-hydrogen) atoms. The Bertz CT molecular complexity index is 1610. The number of aliphatic imine (C=N–C) groups is 1. The number of carbonyl (C=O) groups is 3. The van der Waals surface area contributed by atoms with Gasteiger partial charge in [-0.05, 0) is 85.1 Å². The number of fused-ring (bicyclic) bond motifs is 1. The first kappa shape index (κ1) is 48.1. The quantitative estimate of drug-likeness (QED) is 0.0444. The molecule has 1 aromatic carbocycles. The summed E-state index contributed by atoms with van der Waals surface area (Å²) in [7, 11) is 0. The maximum atomic E-state index is 12.0. The number of hydrogen-bond acceptors (Lipinski definition) is 15. The van der Waals surface area contributed by atoms with Gasteiger partial charge >= 0.3 is 6.09 Å². The van der Waals surface area contributed by atoms with E-state index in [-0.39, 0.29) is 36.5 Å². The molecule has 4 heterocycles. The van der Waals surface area contributed by atoms with Crippen molar-refractivity contribution >= 4 is 58.7 Å². The lowest BCUT2D eigenvalue weighted by Gasteiger charge is -2.50. The summed E-state index contributed by atoms with van der Waals surface area (Å²) in [5.74, 6) is 0.942. The minimum absolute atomic E-state index is 0.0540. The Morgan fingerprint density at radius 3 is 2.61 bits per heavy atom. The van der Waals surface area contributed by atoms with Gasteiger partial charge in [0.2, 0.25) is 6.41 Å². The van der Waals surface area contributed by atoms with E-state index in [0.717, 1.165) is 47.9 Å². The average Bonchev–Trinajstić information content (AvgIpc) is 3.66. The SMILES string of the molecule is C/C(=N\OC(C)C1CCc2cc(C(N)=NCC3CNCCO3)ccc2O1)c1csc(NC(=O)OC(C)(C)C)n1.CC.CC.CC1(C)C(NC=O)C(=O)N1OSO. The molecule has 2 saturated heterocycles. The van der Waals surface area contributed by atoms with Crippen LogP contribution in [-0.4, -0.2) is 106 Å². The Morgan fingerprint density at radius 1 is 1.29 bits per heavy atom. The first-order valence-corrected chi connectivity index (χ1v) is 20.3. The predicted octanol–water partition coefficient (Wildman–Crippen LogP) is 5.53. The Morgan fingerprint density at radius 2 is 2.00 bits per heavy atom. The van der Waals surface area contributed by atoms with Gasteiger partial charge in [0.1, 0.15) is 40.7 Å². The number of aryl methyl sites for hydroxylation is 1. The summed E-state index contributed by atoms with van der Waals surface area (Å²) >= 11 is 1.39. The van der Waals surface area contributed by atoms with Crippen molar-refractivity contribution in [2.24, 2.45) is 15.9 Å². The molecule has 3 aliphatic heterocycles. The fraction of sp³-hybridized carbons (Fsp3) is 0.622. The van der Waals surface area contributed by atoms with Gasteiger partial charge in [-0.25, -0.2) is 9.78 Å². The predicted molar refractivity (Wildman–Crippen MR) is 220 cm³/mol. The second-order valence-electron chi connectivity index (χ2n) is 13.7. The van der Waals surface area contributed by atoms with E-state index in [0.29, 0.717) is 41.9 Å². The Hall–Kier alpha value is -4.01. The lowest BCUT2D eigenvalue weighted by molar-refractivity contribution is -0.213. The summed E-state index contributed by atoms with van der Waals surface area (Å²) in [5.41, 5.74) is 8.23. The monoisotopic (exact) mass is 824 g/mol. The lowest BCUT2D eigenvalue weighted by atomic mass is 9.85. The largest absolute Gasteiger partial charge is 0.486 e. The maximum absolute atomic E-state index is 12.0. The van der Waals surface area contributed by atoms with Crippen molar-refractivity contribution in [3.63, 3.8) is 0 Å². The van der Waals surface area contributed by atoms with Crippen LogP contribution in [0.3, 0.4) is 0 Å². The van der Waals surface area contributed by atoms with Crippen LogP contribution in [0.1, 0.15) is 99.4 Å². The molecule has 2 aromatic rings. The van der Waals surface area contributed by atoms with Crippen LogP contribution in [0, 0.1) is 0 Å². The molecule has 314 valence electrons. The summed E-state index contributed by atoms with van der Waals surface area (Å²) in [6, 6.07) is 5.33. The molecular formula is C37H60N8O9S2. The van der Waals surface area contributed by atoms with Crippen LogP contribution in [0.2, 0.25) is 0 Å². The van der Waals surface area contributed by atoms with E-state index in [1.807, 2.05) is 52.8 Å². The molecule has 0 aliphatic carbocycles. The molecule has 0 radical (unpaired) electrons. The number of amidine groups is 1. The van der Waals surface area contributed by atoms with Crippen molar-refractivity contribution in [2.75, 3.05) is 31.6 Å². The number of thiazole rings is 1. The van der Waals surface area contributed by atoms with E-state index >= 15 is 0 Å². The molecule has 5 rings (SSSR count). The Balaban J connectivity index is 0.000000534. The van der Waals surface area contributed by atoms with Crippen LogP contribution in [0.15, 0.2) is 33.7 Å². The van der Waals surface area contributed by atoms with E-state index in [1.165, 1.54) is 11.3 Å². The van der Waals surface area contributed by atoms with E-state index in [4.69, 9.17) is 29.3 Å². The molecule has 17 nitrogen and oxygen atoms in total. The van der Waals surface area contributed by atoms with Gasteiger partial charge in [0, 0.05) is 24.0 Å². The van der Waals surface area contributed by atoms with Crippen LogP contribution in [0.5, 0.6) is 5.75 Å². The number of carbonyl (C=O) groups excluding carboxylic acids is 3. The molecule has 6 N–H and O–H groups in total. The summed E-state index contributed by atoms with van der Waals surface area (Å²) in [6.45, 7) is 23.5. The number of oxime groups is 1. The summed E-state index contributed by atoms with van der Waals surface area (Å²) < 4.78 is 30.1. The molecule has 4 atom stereocenters. The van der Waals surface area contributed by atoms with Crippen molar-refractivity contribution in [1.29, 1.82) is 0 Å². The molecule has 0 spiro atoms. The van der Waals surface area contributed by atoms with Crippen LogP contribution >= 0.6 is 23.7 Å². The Kier molecular flexibility index (Phi) is 20.0. The number of aromatic nitrogens is 1. The number of hydroxylamine groups is 2. The zero-order valence-electron chi connectivity index (χ0n) is 34.3.